The molecule has 6 nitrogen and oxygen atoms in total. The van der Waals surface area contributed by atoms with Crippen molar-refractivity contribution in [2.24, 2.45) is 0 Å². The van der Waals surface area contributed by atoms with E-state index in [0.29, 0.717) is 19.1 Å². The van der Waals surface area contributed by atoms with Gasteiger partial charge in [-0.1, -0.05) is 52.2 Å². The van der Waals surface area contributed by atoms with Crippen molar-refractivity contribution in [2.75, 3.05) is 18.4 Å². The zero-order valence-corrected chi connectivity index (χ0v) is 18.1. The fourth-order valence-electron chi connectivity index (χ4n) is 4.14. The third-order valence-electron chi connectivity index (χ3n) is 6.06. The molecule has 1 aliphatic heterocycles. The fourth-order valence-corrected chi connectivity index (χ4v) is 4.14. The van der Waals surface area contributed by atoms with Crippen molar-refractivity contribution < 1.29 is 9.59 Å². The molecule has 0 spiro atoms. The van der Waals surface area contributed by atoms with Crippen molar-refractivity contribution in [3.8, 4) is 0 Å². The van der Waals surface area contributed by atoms with Gasteiger partial charge in [0.1, 0.15) is 0 Å². The molecule has 3 rings (SSSR count). The van der Waals surface area contributed by atoms with Gasteiger partial charge in [-0.2, -0.15) is 0 Å². The van der Waals surface area contributed by atoms with Gasteiger partial charge in [-0.15, -0.1) is 0 Å². The highest BCUT2D eigenvalue weighted by molar-refractivity contribution is 5.89. The van der Waals surface area contributed by atoms with E-state index in [-0.39, 0.29) is 23.5 Å². The Morgan fingerprint density at radius 3 is 1.97 bits per heavy atom. The zero-order valence-electron chi connectivity index (χ0n) is 18.1. The molecule has 1 saturated carbocycles. The Bertz CT molecular complexity index is 682. The zero-order chi connectivity index (χ0) is 20.9. The molecular formula is C23H36N4O2. The molecule has 1 heterocycles. The van der Waals surface area contributed by atoms with Crippen LogP contribution in [0.2, 0.25) is 0 Å². The van der Waals surface area contributed by atoms with Crippen molar-refractivity contribution in [3.05, 3.63) is 29.8 Å². The Labute approximate surface area is 174 Å². The van der Waals surface area contributed by atoms with E-state index >= 15 is 0 Å². The number of benzene rings is 1. The molecule has 2 fully saturated rings. The van der Waals surface area contributed by atoms with Crippen molar-refractivity contribution >= 4 is 17.7 Å². The minimum atomic E-state index is -0.0707. The molecule has 0 bridgehead atoms. The summed E-state index contributed by atoms with van der Waals surface area (Å²) in [6, 6.07) is 8.38. The van der Waals surface area contributed by atoms with Crippen molar-refractivity contribution in [1.29, 1.82) is 0 Å². The van der Waals surface area contributed by atoms with Crippen LogP contribution in [0.3, 0.4) is 0 Å². The maximum absolute atomic E-state index is 12.6. The van der Waals surface area contributed by atoms with Crippen LogP contribution < -0.4 is 16.0 Å². The first-order valence-electron chi connectivity index (χ1n) is 11.0. The molecule has 1 aromatic rings. The van der Waals surface area contributed by atoms with Gasteiger partial charge in [0.05, 0.1) is 0 Å². The number of amides is 4. The summed E-state index contributed by atoms with van der Waals surface area (Å²) in [5, 5.41) is 9.18. The first kappa shape index (κ1) is 21.5. The van der Waals surface area contributed by atoms with Crippen LogP contribution in [-0.2, 0) is 5.41 Å². The van der Waals surface area contributed by atoms with Gasteiger partial charge >= 0.3 is 12.1 Å². The molecule has 0 radical (unpaired) electrons. The lowest BCUT2D eigenvalue weighted by atomic mass is 9.87. The van der Waals surface area contributed by atoms with E-state index in [9.17, 15) is 9.59 Å². The number of anilines is 1. The van der Waals surface area contributed by atoms with E-state index in [0.717, 1.165) is 31.4 Å². The molecule has 6 heteroatoms. The standard InChI is InChI=1S/C23H36N4O2/c1-23(2,3)17-9-11-19(12-10-17)26-22(29)27-15-13-20(14-16-27)25-21(28)24-18-7-5-4-6-8-18/h9-12,18,20H,4-8,13-16H2,1-3H3,(H,26,29)(H2,24,25,28). The van der Waals surface area contributed by atoms with E-state index in [1.165, 1.54) is 24.8 Å². The van der Waals surface area contributed by atoms with Crippen LogP contribution in [0.25, 0.3) is 0 Å². The van der Waals surface area contributed by atoms with Crippen LogP contribution in [0.15, 0.2) is 24.3 Å². The largest absolute Gasteiger partial charge is 0.335 e. The topological polar surface area (TPSA) is 73.5 Å². The van der Waals surface area contributed by atoms with Crippen molar-refractivity contribution in [3.63, 3.8) is 0 Å². The van der Waals surface area contributed by atoms with Crippen LogP contribution in [0.4, 0.5) is 15.3 Å². The predicted octanol–water partition coefficient (Wildman–Crippen LogP) is 4.61. The average Bonchev–Trinajstić information content (AvgIpc) is 2.69. The molecule has 0 atom stereocenters. The van der Waals surface area contributed by atoms with E-state index in [2.05, 4.69) is 48.9 Å². The van der Waals surface area contributed by atoms with Gasteiger partial charge in [-0.3, -0.25) is 0 Å². The van der Waals surface area contributed by atoms with Crippen LogP contribution in [0, 0.1) is 0 Å². The summed E-state index contributed by atoms with van der Waals surface area (Å²) in [7, 11) is 0. The average molecular weight is 401 g/mol. The number of likely N-dealkylation sites (tertiary alicyclic amines) is 1. The van der Waals surface area contributed by atoms with Gasteiger partial charge in [0.15, 0.2) is 0 Å². The number of hydrogen-bond acceptors (Lipinski definition) is 2. The number of carbonyl (C=O) groups is 2. The van der Waals surface area contributed by atoms with Gasteiger partial charge in [0.2, 0.25) is 0 Å². The Hall–Kier alpha value is -2.24. The van der Waals surface area contributed by atoms with E-state index in [1.807, 2.05) is 17.0 Å². The number of piperidine rings is 1. The summed E-state index contributed by atoms with van der Waals surface area (Å²) in [6.45, 7) is 7.83. The third kappa shape index (κ3) is 6.38. The Balaban J connectivity index is 1.40. The molecule has 1 saturated heterocycles. The van der Waals surface area contributed by atoms with E-state index in [1.54, 1.807) is 0 Å². The van der Waals surface area contributed by atoms with Crippen molar-refractivity contribution in [2.45, 2.75) is 83.2 Å². The SMILES string of the molecule is CC(C)(C)c1ccc(NC(=O)N2CCC(NC(=O)NC3CCCCC3)CC2)cc1. The Kier molecular flexibility index (Phi) is 7.04. The highest BCUT2D eigenvalue weighted by Crippen LogP contribution is 2.24. The van der Waals surface area contributed by atoms with E-state index in [4.69, 9.17) is 0 Å². The predicted molar refractivity (Wildman–Crippen MR) is 117 cm³/mol. The summed E-state index contributed by atoms with van der Waals surface area (Å²) < 4.78 is 0. The number of carbonyl (C=O) groups excluding carboxylic acids is 2. The summed E-state index contributed by atoms with van der Waals surface area (Å²) in [6.07, 6.45) is 7.43. The molecule has 0 unspecified atom stereocenters. The van der Waals surface area contributed by atoms with Gasteiger partial charge in [0.25, 0.3) is 0 Å². The van der Waals surface area contributed by atoms with Crippen LogP contribution in [0.5, 0.6) is 0 Å². The summed E-state index contributed by atoms with van der Waals surface area (Å²) in [4.78, 5) is 26.6. The smallest absolute Gasteiger partial charge is 0.321 e. The second-order valence-electron chi connectivity index (χ2n) is 9.47. The van der Waals surface area contributed by atoms with Crippen LogP contribution in [-0.4, -0.2) is 42.1 Å². The number of rotatable bonds is 3. The molecule has 1 aliphatic carbocycles. The number of hydrogen-bond donors (Lipinski definition) is 3. The molecular weight excluding hydrogens is 364 g/mol. The Morgan fingerprint density at radius 2 is 1.41 bits per heavy atom. The minimum Gasteiger partial charge on any atom is -0.335 e. The number of nitrogens with zero attached hydrogens (tertiary/aromatic N) is 1. The quantitative estimate of drug-likeness (QED) is 0.693. The van der Waals surface area contributed by atoms with Gasteiger partial charge < -0.3 is 20.9 Å². The maximum Gasteiger partial charge on any atom is 0.321 e. The number of urea groups is 2. The monoisotopic (exact) mass is 400 g/mol. The highest BCUT2D eigenvalue weighted by Gasteiger charge is 2.25. The maximum atomic E-state index is 12.6. The normalized spacial score (nSPS) is 18.9. The Morgan fingerprint density at radius 1 is 0.862 bits per heavy atom. The fraction of sp³-hybridized carbons (Fsp3) is 0.652. The summed E-state index contributed by atoms with van der Waals surface area (Å²) in [5.74, 6) is 0. The minimum absolute atomic E-state index is 0.0567. The van der Waals surface area contributed by atoms with Gasteiger partial charge in [-0.25, -0.2) is 9.59 Å². The molecule has 4 amide bonds. The highest BCUT2D eigenvalue weighted by atomic mass is 16.2. The van der Waals surface area contributed by atoms with Crippen LogP contribution in [0.1, 0.15) is 71.3 Å². The molecule has 160 valence electrons. The lowest BCUT2D eigenvalue weighted by Gasteiger charge is -2.33. The van der Waals surface area contributed by atoms with E-state index < -0.39 is 0 Å². The van der Waals surface area contributed by atoms with Gasteiger partial charge in [-0.05, 0) is 48.8 Å². The summed E-state index contributed by atoms with van der Waals surface area (Å²) in [5.41, 5.74) is 2.16. The van der Waals surface area contributed by atoms with Crippen LogP contribution >= 0.6 is 0 Å². The molecule has 2 aliphatic rings. The van der Waals surface area contributed by atoms with Crippen molar-refractivity contribution in [1.82, 2.24) is 15.5 Å². The molecule has 0 aromatic heterocycles. The first-order chi connectivity index (χ1) is 13.8. The third-order valence-corrected chi connectivity index (χ3v) is 6.06. The first-order valence-corrected chi connectivity index (χ1v) is 11.0. The molecule has 1 aromatic carbocycles. The number of nitrogens with one attached hydrogen (secondary N) is 3. The second kappa shape index (κ2) is 9.51. The molecule has 29 heavy (non-hydrogen) atoms. The second-order valence-corrected chi connectivity index (χ2v) is 9.47. The lowest BCUT2D eigenvalue weighted by molar-refractivity contribution is 0.186. The van der Waals surface area contributed by atoms with Gasteiger partial charge in [0, 0.05) is 30.9 Å². The summed E-state index contributed by atoms with van der Waals surface area (Å²) >= 11 is 0. The molecule has 3 N–H and O–H groups in total. The lowest BCUT2D eigenvalue weighted by Crippen LogP contribution is -2.51.